The van der Waals surface area contributed by atoms with Gasteiger partial charge in [0.2, 0.25) is 0 Å². The Bertz CT molecular complexity index is 758. The minimum absolute atomic E-state index is 0.162. The molecule has 0 spiro atoms. The molecule has 0 unspecified atom stereocenters. The van der Waals surface area contributed by atoms with Crippen molar-refractivity contribution >= 4 is 17.2 Å². The summed E-state index contributed by atoms with van der Waals surface area (Å²) in [4.78, 5) is 16.7. The smallest absolute Gasteiger partial charge is 0.270 e. The summed E-state index contributed by atoms with van der Waals surface area (Å²) in [7, 11) is 0. The van der Waals surface area contributed by atoms with Crippen LogP contribution in [0.5, 0.6) is 11.5 Å². The second-order valence-electron chi connectivity index (χ2n) is 6.59. The standard InChI is InChI=1S/C18H23N3O3S/c1-18(2,12-3-4-14-15(9-12)24-8-7-23-14)11-20-17(22)13-10-25-16(21-13)5-6-19/h3-4,9-10H,5-8,11,19H2,1-2H3,(H,20,22). The van der Waals surface area contributed by atoms with Crippen molar-refractivity contribution in [3.8, 4) is 11.5 Å². The number of nitrogens with two attached hydrogens (primary N) is 1. The van der Waals surface area contributed by atoms with E-state index >= 15 is 0 Å². The Balaban J connectivity index is 1.65. The van der Waals surface area contributed by atoms with Crippen LogP contribution >= 0.6 is 11.3 Å². The summed E-state index contributed by atoms with van der Waals surface area (Å²) in [5.41, 5.74) is 6.81. The molecule has 0 saturated carbocycles. The summed E-state index contributed by atoms with van der Waals surface area (Å²) in [6.45, 7) is 6.33. The lowest BCUT2D eigenvalue weighted by Gasteiger charge is -2.27. The number of benzene rings is 1. The fourth-order valence-electron chi connectivity index (χ4n) is 2.61. The summed E-state index contributed by atoms with van der Waals surface area (Å²) >= 11 is 1.47. The van der Waals surface area contributed by atoms with Gasteiger partial charge in [-0.15, -0.1) is 11.3 Å². The summed E-state index contributed by atoms with van der Waals surface area (Å²) in [5, 5.41) is 5.64. The van der Waals surface area contributed by atoms with Crippen molar-refractivity contribution in [3.05, 3.63) is 39.8 Å². The summed E-state index contributed by atoms with van der Waals surface area (Å²) in [5.74, 6) is 1.36. The summed E-state index contributed by atoms with van der Waals surface area (Å²) < 4.78 is 11.2. The van der Waals surface area contributed by atoms with Gasteiger partial charge >= 0.3 is 0 Å². The Kier molecular flexibility index (Phi) is 5.24. The Hall–Kier alpha value is -2.12. The van der Waals surface area contributed by atoms with Gasteiger partial charge in [0.15, 0.2) is 11.5 Å². The Morgan fingerprint density at radius 2 is 2.08 bits per heavy atom. The first kappa shape index (κ1) is 17.7. The van der Waals surface area contributed by atoms with Crippen LogP contribution in [-0.4, -0.2) is 37.2 Å². The average molecular weight is 361 g/mol. The predicted molar refractivity (Wildman–Crippen MR) is 97.7 cm³/mol. The molecule has 0 saturated heterocycles. The maximum atomic E-state index is 12.3. The van der Waals surface area contributed by atoms with Gasteiger partial charge in [-0.05, 0) is 24.2 Å². The third kappa shape index (κ3) is 4.11. The lowest BCUT2D eigenvalue weighted by Crippen LogP contribution is -2.37. The van der Waals surface area contributed by atoms with E-state index < -0.39 is 0 Å². The number of hydrogen-bond donors (Lipinski definition) is 2. The van der Waals surface area contributed by atoms with Gasteiger partial charge in [0.1, 0.15) is 18.9 Å². The molecule has 1 amide bonds. The van der Waals surface area contributed by atoms with Crippen LogP contribution in [0.25, 0.3) is 0 Å². The Morgan fingerprint density at radius 1 is 1.32 bits per heavy atom. The number of rotatable bonds is 6. The second-order valence-corrected chi connectivity index (χ2v) is 7.53. The lowest BCUT2D eigenvalue weighted by atomic mass is 9.84. The number of thiazole rings is 1. The fourth-order valence-corrected chi connectivity index (χ4v) is 3.41. The quantitative estimate of drug-likeness (QED) is 0.823. The summed E-state index contributed by atoms with van der Waals surface area (Å²) in [6, 6.07) is 5.93. The van der Waals surface area contributed by atoms with E-state index in [9.17, 15) is 4.79 Å². The highest BCUT2D eigenvalue weighted by Gasteiger charge is 2.24. The topological polar surface area (TPSA) is 86.5 Å². The molecule has 134 valence electrons. The SMILES string of the molecule is CC(C)(CNC(=O)c1csc(CCN)n1)c1ccc2c(c1)OCCO2. The number of nitrogens with one attached hydrogen (secondary N) is 1. The van der Waals surface area contributed by atoms with E-state index in [-0.39, 0.29) is 11.3 Å². The van der Waals surface area contributed by atoms with Crippen LogP contribution in [0.4, 0.5) is 0 Å². The number of ether oxygens (including phenoxy) is 2. The number of carbonyl (C=O) groups excluding carboxylic acids is 1. The zero-order valence-electron chi connectivity index (χ0n) is 14.5. The molecule has 1 aromatic heterocycles. The van der Waals surface area contributed by atoms with Gasteiger partial charge in [-0.25, -0.2) is 4.98 Å². The number of aromatic nitrogens is 1. The molecule has 0 fully saturated rings. The number of hydrogen-bond acceptors (Lipinski definition) is 6. The zero-order valence-corrected chi connectivity index (χ0v) is 15.3. The molecule has 1 aliphatic rings. The Labute approximate surface area is 151 Å². The van der Waals surface area contributed by atoms with Gasteiger partial charge in [0.05, 0.1) is 5.01 Å². The third-order valence-corrected chi connectivity index (χ3v) is 5.07. The molecule has 0 aliphatic carbocycles. The maximum Gasteiger partial charge on any atom is 0.270 e. The van der Waals surface area contributed by atoms with Gasteiger partial charge in [0, 0.05) is 23.8 Å². The van der Waals surface area contributed by atoms with Crippen LogP contribution in [0.1, 0.15) is 34.9 Å². The molecule has 2 heterocycles. The van der Waals surface area contributed by atoms with Crippen molar-refractivity contribution in [2.24, 2.45) is 5.73 Å². The highest BCUT2D eigenvalue weighted by molar-refractivity contribution is 7.09. The number of nitrogens with zero attached hydrogens (tertiary/aromatic N) is 1. The molecule has 3 N–H and O–H groups in total. The van der Waals surface area contributed by atoms with Gasteiger partial charge in [-0.2, -0.15) is 0 Å². The second kappa shape index (κ2) is 7.41. The van der Waals surface area contributed by atoms with Crippen LogP contribution in [0.3, 0.4) is 0 Å². The minimum atomic E-state index is -0.248. The molecule has 25 heavy (non-hydrogen) atoms. The molecule has 6 nitrogen and oxygen atoms in total. The van der Waals surface area contributed by atoms with Crippen LogP contribution in [0.15, 0.2) is 23.6 Å². The van der Waals surface area contributed by atoms with Crippen molar-refractivity contribution in [1.82, 2.24) is 10.3 Å². The van der Waals surface area contributed by atoms with Crippen molar-refractivity contribution in [2.45, 2.75) is 25.7 Å². The van der Waals surface area contributed by atoms with Crippen molar-refractivity contribution in [2.75, 3.05) is 26.3 Å². The van der Waals surface area contributed by atoms with E-state index in [4.69, 9.17) is 15.2 Å². The van der Waals surface area contributed by atoms with Crippen molar-refractivity contribution in [3.63, 3.8) is 0 Å². The molecule has 0 bridgehead atoms. The van der Waals surface area contributed by atoms with E-state index in [1.54, 1.807) is 5.38 Å². The fraction of sp³-hybridized carbons (Fsp3) is 0.444. The molecular weight excluding hydrogens is 338 g/mol. The largest absolute Gasteiger partial charge is 0.486 e. The van der Waals surface area contributed by atoms with Crippen LogP contribution in [-0.2, 0) is 11.8 Å². The zero-order chi connectivity index (χ0) is 17.9. The highest BCUT2D eigenvalue weighted by Crippen LogP contribution is 2.34. The predicted octanol–water partition coefficient (Wildman–Crippen LogP) is 2.12. The van der Waals surface area contributed by atoms with E-state index in [2.05, 4.69) is 24.1 Å². The molecule has 0 atom stereocenters. The van der Waals surface area contributed by atoms with E-state index in [0.717, 1.165) is 22.1 Å². The highest BCUT2D eigenvalue weighted by atomic mass is 32.1. The molecule has 1 aliphatic heterocycles. The molecule has 2 aromatic rings. The van der Waals surface area contributed by atoms with Crippen molar-refractivity contribution in [1.29, 1.82) is 0 Å². The van der Waals surface area contributed by atoms with Crippen LogP contribution in [0, 0.1) is 0 Å². The van der Waals surface area contributed by atoms with E-state index in [0.29, 0.717) is 38.4 Å². The first-order valence-electron chi connectivity index (χ1n) is 8.32. The number of carbonyl (C=O) groups is 1. The van der Waals surface area contributed by atoms with Gasteiger partial charge in [0.25, 0.3) is 5.91 Å². The van der Waals surface area contributed by atoms with E-state index in [1.165, 1.54) is 11.3 Å². The molecule has 3 rings (SSSR count). The first-order chi connectivity index (χ1) is 12.0. The van der Waals surface area contributed by atoms with Gasteiger partial charge in [-0.1, -0.05) is 19.9 Å². The van der Waals surface area contributed by atoms with Crippen molar-refractivity contribution < 1.29 is 14.3 Å². The van der Waals surface area contributed by atoms with Gasteiger partial charge in [-0.3, -0.25) is 4.79 Å². The van der Waals surface area contributed by atoms with Crippen LogP contribution < -0.4 is 20.5 Å². The normalized spacial score (nSPS) is 13.6. The molecule has 7 heteroatoms. The van der Waals surface area contributed by atoms with Gasteiger partial charge < -0.3 is 20.5 Å². The monoisotopic (exact) mass is 361 g/mol. The first-order valence-corrected chi connectivity index (χ1v) is 9.20. The lowest BCUT2D eigenvalue weighted by molar-refractivity contribution is 0.0941. The third-order valence-electron chi connectivity index (χ3n) is 4.16. The average Bonchev–Trinajstić information content (AvgIpc) is 3.08. The van der Waals surface area contributed by atoms with E-state index in [1.807, 2.05) is 18.2 Å². The maximum absolute atomic E-state index is 12.3. The summed E-state index contributed by atoms with van der Waals surface area (Å²) in [6.07, 6.45) is 0.695. The number of amides is 1. The minimum Gasteiger partial charge on any atom is -0.486 e. The molecule has 0 radical (unpaired) electrons. The van der Waals surface area contributed by atoms with Crippen LogP contribution in [0.2, 0.25) is 0 Å². The molecule has 1 aromatic carbocycles. The number of fused-ring (bicyclic) bond motifs is 1. The molecular formula is C18H23N3O3S. The Morgan fingerprint density at radius 3 is 2.84 bits per heavy atom.